The van der Waals surface area contributed by atoms with E-state index < -0.39 is 57.0 Å². The third kappa shape index (κ3) is 6.86. The molecule has 0 fully saturated rings. The number of amides is 1. The molecule has 1 aliphatic heterocycles. The molecule has 4 N–H and O–H groups in total. The Morgan fingerprint density at radius 1 is 1.12 bits per heavy atom. The van der Waals surface area contributed by atoms with Crippen LogP contribution < -0.4 is 19.5 Å². The average molecular weight is 691 g/mol. The second-order valence-electron chi connectivity index (χ2n) is 12.5. The summed E-state index contributed by atoms with van der Waals surface area (Å²) < 4.78 is 85.3. The highest BCUT2D eigenvalue weighted by Crippen LogP contribution is 2.47. The highest BCUT2D eigenvalue weighted by Gasteiger charge is 2.57. The number of benzene rings is 2. The minimum Gasteiger partial charge on any atom is -0.489 e. The lowest BCUT2D eigenvalue weighted by Crippen LogP contribution is -2.52. The van der Waals surface area contributed by atoms with Crippen LogP contribution in [-0.2, 0) is 22.1 Å². The van der Waals surface area contributed by atoms with Crippen LogP contribution in [0.5, 0.6) is 11.5 Å². The number of nitrogens with one attached hydrogen (secondary N) is 2. The fraction of sp³-hybridized carbons (Fsp3) is 0.364. The minimum atomic E-state index is -5.36. The molecule has 10 nitrogen and oxygen atoms in total. The first-order valence-electron chi connectivity index (χ1n) is 14.8. The van der Waals surface area contributed by atoms with Crippen LogP contribution >= 0.6 is 0 Å². The van der Waals surface area contributed by atoms with Crippen molar-refractivity contribution in [3.63, 3.8) is 0 Å². The smallest absolute Gasteiger partial charge is 0.424 e. The Labute approximate surface area is 276 Å². The molecule has 0 spiro atoms. The van der Waals surface area contributed by atoms with Gasteiger partial charge in [0, 0.05) is 28.3 Å². The number of aliphatic hydroxyl groups is 2. The molecule has 3 atom stereocenters. The van der Waals surface area contributed by atoms with E-state index in [1.54, 1.807) is 39.8 Å². The molecule has 1 unspecified atom stereocenters. The maximum atomic E-state index is 14.9. The van der Waals surface area contributed by atoms with Gasteiger partial charge in [0.15, 0.2) is 5.75 Å². The second kappa shape index (κ2) is 13.0. The molecule has 256 valence electrons. The number of rotatable bonds is 10. The van der Waals surface area contributed by atoms with Gasteiger partial charge in [-0.1, -0.05) is 6.07 Å². The largest absolute Gasteiger partial charge is 0.489 e. The molecular weight excluding hydrogens is 656 g/mol. The number of aliphatic hydroxyl groups excluding tert-OH is 1. The quantitative estimate of drug-likeness (QED) is 0.176. The fourth-order valence-corrected chi connectivity index (χ4v) is 5.93. The van der Waals surface area contributed by atoms with Crippen molar-refractivity contribution < 1.29 is 46.3 Å². The number of halogens is 4. The maximum absolute atomic E-state index is 14.9. The van der Waals surface area contributed by atoms with E-state index in [1.165, 1.54) is 30.5 Å². The highest BCUT2D eigenvalue weighted by atomic mass is 32.2. The normalized spacial score (nSPS) is 18.1. The van der Waals surface area contributed by atoms with Crippen molar-refractivity contribution in [3.8, 4) is 22.8 Å². The molecule has 15 heteroatoms. The second-order valence-corrected chi connectivity index (χ2v) is 14.5. The fourth-order valence-electron chi connectivity index (χ4n) is 5.04. The third-order valence-corrected chi connectivity index (χ3v) is 9.49. The Kier molecular flexibility index (Phi) is 9.54. The molecule has 0 saturated heterocycles. The van der Waals surface area contributed by atoms with E-state index in [0.717, 1.165) is 18.2 Å². The molecule has 1 aliphatic rings. The van der Waals surface area contributed by atoms with Crippen molar-refractivity contribution in [1.82, 2.24) is 20.0 Å². The predicted octanol–water partition coefficient (Wildman–Crippen LogP) is 4.65. The lowest BCUT2D eigenvalue weighted by Gasteiger charge is -2.32. The summed E-state index contributed by atoms with van der Waals surface area (Å²) in [5, 5.41) is 23.3. The van der Waals surface area contributed by atoms with Crippen LogP contribution in [0.2, 0.25) is 0 Å². The average Bonchev–Trinajstić information content (AvgIpc) is 3.36. The zero-order valence-corrected chi connectivity index (χ0v) is 27.3. The van der Waals surface area contributed by atoms with Crippen molar-refractivity contribution in [3.05, 3.63) is 83.4 Å². The van der Waals surface area contributed by atoms with Gasteiger partial charge < -0.3 is 25.0 Å². The van der Waals surface area contributed by atoms with Crippen LogP contribution in [0.1, 0.15) is 49.3 Å². The number of fused-ring (bicyclic) bond motifs is 2. The van der Waals surface area contributed by atoms with E-state index in [4.69, 9.17) is 9.47 Å². The van der Waals surface area contributed by atoms with Crippen LogP contribution in [0.4, 0.5) is 17.6 Å². The number of hydrogen-bond donors (Lipinski definition) is 4. The summed E-state index contributed by atoms with van der Waals surface area (Å²) in [4.78, 5) is 21.7. The molecular formula is C33H34F4N4O6S. The molecule has 0 aliphatic carbocycles. The number of carbonyl (C=O) groups is 1. The molecule has 5 rings (SSSR count). The summed E-state index contributed by atoms with van der Waals surface area (Å²) in [5.41, 5.74) is -5.39. The number of nitrogens with zero attached hydrogens (tertiary/aromatic N) is 2. The van der Waals surface area contributed by atoms with Crippen LogP contribution in [0, 0.1) is 5.82 Å². The molecule has 2 aromatic heterocycles. The van der Waals surface area contributed by atoms with Gasteiger partial charge in [-0.3, -0.25) is 9.78 Å². The van der Waals surface area contributed by atoms with E-state index in [9.17, 15) is 36.8 Å². The van der Waals surface area contributed by atoms with Crippen LogP contribution in [0.15, 0.2) is 60.8 Å². The molecule has 2 aromatic carbocycles. The van der Waals surface area contributed by atoms with Crippen LogP contribution in [0.25, 0.3) is 22.2 Å². The molecule has 48 heavy (non-hydrogen) atoms. The first kappa shape index (κ1) is 35.1. The van der Waals surface area contributed by atoms with Crippen molar-refractivity contribution in [1.29, 1.82) is 0 Å². The Morgan fingerprint density at radius 3 is 2.48 bits per heavy atom. The SMILES string of the molecule is CC(C)(C)S(=O)N[C@]1(C)COc2c1cc([C@](O)(CNC(=O)c1cc(OCCO)c3ncccc3c1)C(F)(F)F)nc2-c1ccc(F)cc1. The van der Waals surface area contributed by atoms with Gasteiger partial charge in [0.1, 0.15) is 36.0 Å². The van der Waals surface area contributed by atoms with Gasteiger partial charge >= 0.3 is 6.18 Å². The zero-order valence-electron chi connectivity index (χ0n) is 26.4. The van der Waals surface area contributed by atoms with Gasteiger partial charge in [-0.15, -0.1) is 0 Å². The summed E-state index contributed by atoms with van der Waals surface area (Å²) in [6.07, 6.45) is -3.87. The summed E-state index contributed by atoms with van der Waals surface area (Å²) in [7, 11) is -1.69. The molecule has 0 saturated carbocycles. The van der Waals surface area contributed by atoms with E-state index in [0.29, 0.717) is 10.9 Å². The molecule has 0 radical (unpaired) electrons. The Bertz CT molecular complexity index is 1870. The van der Waals surface area contributed by atoms with Crippen molar-refractivity contribution in [2.45, 2.75) is 49.8 Å². The topological polar surface area (TPSA) is 143 Å². The maximum Gasteiger partial charge on any atom is 0.424 e. The summed E-state index contributed by atoms with van der Waals surface area (Å²) in [6.45, 7) is 4.82. The summed E-state index contributed by atoms with van der Waals surface area (Å²) in [5.74, 6) is -1.36. The van der Waals surface area contributed by atoms with Gasteiger partial charge in [0.25, 0.3) is 5.91 Å². The zero-order chi connectivity index (χ0) is 35.1. The number of aromatic nitrogens is 2. The van der Waals surface area contributed by atoms with Gasteiger partial charge in [-0.25, -0.2) is 18.3 Å². The molecule has 4 aromatic rings. The third-order valence-electron chi connectivity index (χ3n) is 7.74. The van der Waals surface area contributed by atoms with E-state index in [-0.39, 0.29) is 53.7 Å². The number of hydrogen-bond acceptors (Lipinski definition) is 8. The predicted molar refractivity (Wildman–Crippen MR) is 170 cm³/mol. The lowest BCUT2D eigenvalue weighted by molar-refractivity contribution is -0.265. The monoisotopic (exact) mass is 690 g/mol. The van der Waals surface area contributed by atoms with Crippen molar-refractivity contribution in [2.75, 3.05) is 26.4 Å². The Balaban J connectivity index is 1.58. The van der Waals surface area contributed by atoms with Gasteiger partial charge in [-0.2, -0.15) is 13.2 Å². The number of pyridine rings is 2. The minimum absolute atomic E-state index is 0.0695. The number of carbonyl (C=O) groups excluding carboxylic acids is 1. The van der Waals surface area contributed by atoms with Gasteiger partial charge in [0.2, 0.25) is 5.60 Å². The number of alkyl halides is 3. The first-order valence-corrected chi connectivity index (χ1v) is 16.0. The van der Waals surface area contributed by atoms with E-state index >= 15 is 0 Å². The molecule has 3 heterocycles. The Hall–Kier alpha value is -4.18. The highest BCUT2D eigenvalue weighted by molar-refractivity contribution is 7.84. The van der Waals surface area contributed by atoms with Gasteiger partial charge in [-0.05, 0) is 76.2 Å². The summed E-state index contributed by atoms with van der Waals surface area (Å²) in [6, 6.07) is 11.7. The summed E-state index contributed by atoms with van der Waals surface area (Å²) >= 11 is 0. The van der Waals surface area contributed by atoms with E-state index in [1.807, 2.05) is 0 Å². The van der Waals surface area contributed by atoms with Crippen LogP contribution in [-0.4, -0.2) is 67.6 Å². The standard InChI is InChI=1S/C33H34F4N4O6S/c1-30(2,3)48(45)41-31(4)18-47-28-23(31)16-25(40-27(28)19-7-9-22(34)10-8-19)32(44,33(35,36)37)17-39-29(43)21-14-20-6-5-11-38-26(20)24(15-21)46-13-12-42/h5-11,14-16,41-42,44H,12-13,17-18H2,1-4H3,(H,39,43)/t31-,32-,48?/m1/s1. The molecule has 0 bridgehead atoms. The first-order chi connectivity index (χ1) is 22.5. The van der Waals surface area contributed by atoms with Crippen molar-refractivity contribution in [2.24, 2.45) is 0 Å². The number of ether oxygens (including phenoxy) is 2. The van der Waals surface area contributed by atoms with Crippen molar-refractivity contribution >= 4 is 27.8 Å². The lowest BCUT2D eigenvalue weighted by atomic mass is 9.89. The van der Waals surface area contributed by atoms with Gasteiger partial charge in [0.05, 0.1) is 40.1 Å². The molecule has 1 amide bonds. The van der Waals surface area contributed by atoms with Crippen LogP contribution in [0.3, 0.4) is 0 Å². The van der Waals surface area contributed by atoms with E-state index in [2.05, 4.69) is 20.0 Å². The Morgan fingerprint density at radius 2 is 1.83 bits per heavy atom.